The second-order valence-electron chi connectivity index (χ2n) is 4.92. The molecule has 1 saturated heterocycles. The minimum absolute atomic E-state index is 0.172. The Labute approximate surface area is 130 Å². The molecule has 2 atom stereocenters. The van der Waals surface area contributed by atoms with Gasteiger partial charge in [0.25, 0.3) is 0 Å². The van der Waals surface area contributed by atoms with E-state index in [-0.39, 0.29) is 31.4 Å². The molecule has 1 aliphatic heterocycles. The van der Waals surface area contributed by atoms with E-state index in [1.54, 1.807) is 13.8 Å². The van der Waals surface area contributed by atoms with Crippen molar-refractivity contribution in [1.29, 1.82) is 0 Å². The van der Waals surface area contributed by atoms with Gasteiger partial charge in [-0.25, -0.2) is 0 Å². The van der Waals surface area contributed by atoms with Crippen LogP contribution in [-0.2, 0) is 27.9 Å². The van der Waals surface area contributed by atoms with Crippen LogP contribution >= 0.6 is 7.60 Å². The van der Waals surface area contributed by atoms with Gasteiger partial charge in [0.1, 0.15) is 12.2 Å². The van der Waals surface area contributed by atoms with E-state index in [4.69, 9.17) is 9.05 Å². The first kappa shape index (κ1) is 19.1. The lowest BCUT2D eigenvalue weighted by atomic mass is 9.99. The number of esters is 1. The molecule has 0 bridgehead atoms. The zero-order valence-electron chi connectivity index (χ0n) is 13.3. The lowest BCUT2D eigenvalue weighted by Crippen LogP contribution is -2.51. The number of piperidine rings is 1. The molecule has 1 fully saturated rings. The van der Waals surface area contributed by atoms with Crippen molar-refractivity contribution < 1.29 is 27.9 Å². The van der Waals surface area contributed by atoms with Gasteiger partial charge in [-0.2, -0.15) is 0 Å². The molecular formula is C13H25N2O6P. The van der Waals surface area contributed by atoms with Crippen molar-refractivity contribution >= 4 is 19.5 Å². The van der Waals surface area contributed by atoms with Gasteiger partial charge >= 0.3 is 13.6 Å². The number of carbonyl (C=O) groups is 2. The number of methoxy groups -OCH3 is 1. The first-order valence-corrected chi connectivity index (χ1v) is 9.15. The Morgan fingerprint density at radius 2 is 1.91 bits per heavy atom. The van der Waals surface area contributed by atoms with E-state index in [2.05, 4.69) is 15.4 Å². The Kier molecular flexibility index (Phi) is 8.03. The lowest BCUT2D eigenvalue weighted by molar-refractivity contribution is -0.144. The van der Waals surface area contributed by atoms with Crippen LogP contribution in [0.1, 0.15) is 26.7 Å². The molecule has 0 aromatic heterocycles. The Hall–Kier alpha value is -0.950. The summed E-state index contributed by atoms with van der Waals surface area (Å²) in [5.41, 5.74) is 0. The number of hydrogen-bond acceptors (Lipinski definition) is 7. The Bertz CT molecular complexity index is 421. The number of nitrogens with one attached hydrogen (secondary N) is 2. The highest BCUT2D eigenvalue weighted by Gasteiger charge is 2.31. The fourth-order valence-corrected chi connectivity index (χ4v) is 3.83. The van der Waals surface area contributed by atoms with Crippen molar-refractivity contribution in [3.05, 3.63) is 0 Å². The number of rotatable bonds is 8. The fourth-order valence-electron chi connectivity index (χ4n) is 2.34. The Morgan fingerprint density at radius 3 is 2.45 bits per heavy atom. The average molecular weight is 336 g/mol. The highest BCUT2D eigenvalue weighted by Crippen LogP contribution is 2.47. The van der Waals surface area contributed by atoms with E-state index in [0.29, 0.717) is 19.4 Å². The normalized spacial score (nSPS) is 22.1. The maximum Gasteiger partial charge on any atom is 0.340 e. The predicted octanol–water partition coefficient (Wildman–Crippen LogP) is 0.662. The van der Waals surface area contributed by atoms with Crippen LogP contribution in [0.2, 0.25) is 0 Å². The van der Waals surface area contributed by atoms with Gasteiger partial charge in [-0.1, -0.05) is 0 Å². The van der Waals surface area contributed by atoms with E-state index in [9.17, 15) is 14.2 Å². The van der Waals surface area contributed by atoms with Crippen LogP contribution in [0.3, 0.4) is 0 Å². The summed E-state index contributed by atoms with van der Waals surface area (Å²) in [7, 11) is -2.08. The van der Waals surface area contributed by atoms with Crippen LogP contribution in [-0.4, -0.2) is 57.0 Å². The summed E-state index contributed by atoms with van der Waals surface area (Å²) < 4.78 is 27.2. The van der Waals surface area contributed by atoms with E-state index in [1.165, 1.54) is 7.11 Å². The minimum atomic E-state index is -3.40. The molecule has 0 aliphatic carbocycles. The van der Waals surface area contributed by atoms with Crippen molar-refractivity contribution in [1.82, 2.24) is 10.6 Å². The van der Waals surface area contributed by atoms with Crippen molar-refractivity contribution in [2.75, 3.05) is 33.0 Å². The maximum atomic E-state index is 12.3. The summed E-state index contributed by atoms with van der Waals surface area (Å²) in [6.07, 6.45) is 0.806. The summed E-state index contributed by atoms with van der Waals surface area (Å²) in [6.45, 7) is 4.40. The number of carbonyl (C=O) groups excluding carboxylic acids is 2. The highest BCUT2D eigenvalue weighted by atomic mass is 31.2. The molecule has 128 valence electrons. The average Bonchev–Trinajstić information content (AvgIpc) is 2.46. The van der Waals surface area contributed by atoms with E-state index in [0.717, 1.165) is 0 Å². The molecule has 1 rings (SSSR count). The minimum Gasteiger partial charge on any atom is -0.468 e. The molecule has 0 radical (unpaired) electrons. The molecule has 1 aliphatic rings. The second-order valence-corrected chi connectivity index (χ2v) is 6.98. The topological polar surface area (TPSA) is 103 Å². The molecule has 1 amide bonds. The van der Waals surface area contributed by atoms with Gasteiger partial charge in [0.2, 0.25) is 5.91 Å². The van der Waals surface area contributed by atoms with Gasteiger partial charge in [-0.15, -0.1) is 0 Å². The van der Waals surface area contributed by atoms with Gasteiger partial charge in [0.15, 0.2) is 0 Å². The van der Waals surface area contributed by atoms with Crippen LogP contribution < -0.4 is 10.6 Å². The molecule has 0 unspecified atom stereocenters. The van der Waals surface area contributed by atoms with Gasteiger partial charge in [-0.3, -0.25) is 14.2 Å². The Morgan fingerprint density at radius 1 is 1.27 bits per heavy atom. The molecule has 0 aromatic carbocycles. The molecule has 1 heterocycles. The number of amides is 1. The number of ether oxygens (including phenoxy) is 1. The van der Waals surface area contributed by atoms with E-state index < -0.39 is 19.5 Å². The quantitative estimate of drug-likeness (QED) is 0.496. The standard InChI is InChI=1S/C13H25N2O6P/c1-4-20-22(18,21-5-2)9-12(16)15-10-6-7-14-11(8-10)13(17)19-3/h10-11,14H,4-9H2,1-3H3,(H,15,16)/t10-,11+/m1/s1. The van der Waals surface area contributed by atoms with Crippen molar-refractivity contribution in [2.45, 2.75) is 38.8 Å². The third-order valence-electron chi connectivity index (χ3n) is 3.24. The van der Waals surface area contributed by atoms with E-state index in [1.807, 2.05) is 0 Å². The maximum absolute atomic E-state index is 12.3. The van der Waals surface area contributed by atoms with Crippen LogP contribution in [0.5, 0.6) is 0 Å². The van der Waals surface area contributed by atoms with Crippen molar-refractivity contribution in [3.63, 3.8) is 0 Å². The molecule has 0 saturated carbocycles. The molecule has 9 heteroatoms. The summed E-state index contributed by atoms with van der Waals surface area (Å²) in [5, 5.41) is 5.81. The Balaban J connectivity index is 2.53. The zero-order valence-corrected chi connectivity index (χ0v) is 14.2. The van der Waals surface area contributed by atoms with Crippen LogP contribution in [0.4, 0.5) is 0 Å². The lowest BCUT2D eigenvalue weighted by Gasteiger charge is -2.29. The number of hydrogen-bond donors (Lipinski definition) is 2. The van der Waals surface area contributed by atoms with Gasteiger partial charge < -0.3 is 24.4 Å². The van der Waals surface area contributed by atoms with Gasteiger partial charge in [0.05, 0.1) is 20.3 Å². The fraction of sp³-hybridized carbons (Fsp3) is 0.846. The smallest absolute Gasteiger partial charge is 0.340 e. The van der Waals surface area contributed by atoms with Crippen LogP contribution in [0.15, 0.2) is 0 Å². The zero-order chi connectivity index (χ0) is 16.6. The molecule has 0 spiro atoms. The highest BCUT2D eigenvalue weighted by molar-refractivity contribution is 7.54. The van der Waals surface area contributed by atoms with Crippen LogP contribution in [0.25, 0.3) is 0 Å². The van der Waals surface area contributed by atoms with Gasteiger partial charge in [0, 0.05) is 6.04 Å². The van der Waals surface area contributed by atoms with E-state index >= 15 is 0 Å². The predicted molar refractivity (Wildman–Crippen MR) is 80.7 cm³/mol. The monoisotopic (exact) mass is 336 g/mol. The second kappa shape index (κ2) is 9.25. The van der Waals surface area contributed by atoms with Gasteiger partial charge in [-0.05, 0) is 33.2 Å². The van der Waals surface area contributed by atoms with Crippen LogP contribution in [0, 0.1) is 0 Å². The van der Waals surface area contributed by atoms with Crippen molar-refractivity contribution in [3.8, 4) is 0 Å². The third-order valence-corrected chi connectivity index (χ3v) is 5.22. The first-order chi connectivity index (χ1) is 10.4. The van der Waals surface area contributed by atoms with Crippen molar-refractivity contribution in [2.24, 2.45) is 0 Å². The first-order valence-electron chi connectivity index (χ1n) is 7.42. The molecular weight excluding hydrogens is 311 g/mol. The molecule has 0 aromatic rings. The summed E-state index contributed by atoms with van der Waals surface area (Å²) in [6, 6.07) is -0.607. The third kappa shape index (κ3) is 6.04. The summed E-state index contributed by atoms with van der Waals surface area (Å²) >= 11 is 0. The largest absolute Gasteiger partial charge is 0.468 e. The molecule has 2 N–H and O–H groups in total. The summed E-state index contributed by atoms with van der Waals surface area (Å²) in [4.78, 5) is 23.6. The summed E-state index contributed by atoms with van der Waals surface area (Å²) in [5.74, 6) is -0.756. The molecule has 22 heavy (non-hydrogen) atoms. The SMILES string of the molecule is CCOP(=O)(CC(=O)N[C@@H]1CCN[C@H](C(=O)OC)C1)OCC. The molecule has 8 nitrogen and oxygen atoms in total.